The molecular formula is C30H35ClF3N5O5. The highest BCUT2D eigenvalue weighted by molar-refractivity contribution is 6.30. The van der Waals surface area contributed by atoms with E-state index in [-0.39, 0.29) is 30.6 Å². The molecule has 2 aromatic heterocycles. The summed E-state index contributed by atoms with van der Waals surface area (Å²) in [6.07, 6.45) is -2.40. The van der Waals surface area contributed by atoms with Crippen molar-refractivity contribution in [3.63, 3.8) is 0 Å². The minimum Gasteiger partial charge on any atom is -0.483 e. The largest absolute Gasteiger partial charge is 0.483 e. The number of rotatable bonds is 10. The highest BCUT2D eigenvalue weighted by Gasteiger charge is 2.38. The van der Waals surface area contributed by atoms with Crippen molar-refractivity contribution < 1.29 is 37.3 Å². The molecule has 0 saturated carbocycles. The summed E-state index contributed by atoms with van der Waals surface area (Å²) >= 11 is 5.82. The van der Waals surface area contributed by atoms with Gasteiger partial charge in [-0.15, -0.1) is 0 Å². The third-order valence-corrected chi connectivity index (χ3v) is 7.06. The van der Waals surface area contributed by atoms with Gasteiger partial charge in [-0.05, 0) is 62.9 Å². The van der Waals surface area contributed by atoms with Crippen LogP contribution in [0.15, 0.2) is 48.7 Å². The lowest BCUT2D eigenvalue weighted by Crippen LogP contribution is -2.55. The second-order valence-corrected chi connectivity index (χ2v) is 10.00. The molecular weight excluding hydrogens is 603 g/mol. The average molecular weight is 638 g/mol. The van der Waals surface area contributed by atoms with Crippen molar-refractivity contribution in [2.45, 2.75) is 32.5 Å². The van der Waals surface area contributed by atoms with Crippen molar-refractivity contribution in [3.05, 3.63) is 64.8 Å². The van der Waals surface area contributed by atoms with E-state index in [4.69, 9.17) is 36.0 Å². The highest BCUT2D eigenvalue weighted by Crippen LogP contribution is 2.37. The number of carboxylic acid groups (broad SMARTS) is 1. The molecule has 0 bridgehead atoms. The van der Waals surface area contributed by atoms with E-state index in [1.165, 1.54) is 11.0 Å². The Hall–Kier alpha value is -4.10. The van der Waals surface area contributed by atoms with Crippen LogP contribution in [0.5, 0.6) is 11.8 Å². The molecule has 0 unspecified atom stereocenters. The van der Waals surface area contributed by atoms with E-state index in [1.807, 2.05) is 45.2 Å². The van der Waals surface area contributed by atoms with Gasteiger partial charge in [0.15, 0.2) is 0 Å². The second-order valence-electron chi connectivity index (χ2n) is 9.56. The number of amides is 1. The maximum Gasteiger partial charge on any atom is 0.417 e. The molecule has 1 aliphatic rings. The number of nitrogens with zero attached hydrogens (tertiary/aromatic N) is 4. The predicted molar refractivity (Wildman–Crippen MR) is 161 cm³/mol. The number of benzene rings is 1. The van der Waals surface area contributed by atoms with Crippen LogP contribution in [-0.4, -0.2) is 84.8 Å². The number of pyridine rings is 2. The normalized spacial score (nSPS) is 14.8. The van der Waals surface area contributed by atoms with Gasteiger partial charge in [-0.2, -0.15) is 13.2 Å². The molecule has 0 radical (unpaired) electrons. The summed E-state index contributed by atoms with van der Waals surface area (Å²) in [5, 5.41) is 9.86. The Bertz CT molecular complexity index is 1410. The Balaban J connectivity index is 0.00000169. The van der Waals surface area contributed by atoms with Crippen LogP contribution in [-0.2, 0) is 11.0 Å². The molecule has 2 N–H and O–H groups in total. The lowest BCUT2D eigenvalue weighted by Gasteiger charge is -2.43. The smallest absolute Gasteiger partial charge is 0.417 e. The number of anilines is 1. The van der Waals surface area contributed by atoms with Crippen molar-refractivity contribution in [1.29, 1.82) is 0 Å². The maximum absolute atomic E-state index is 13.7. The number of carbonyl (C=O) groups excluding carboxylic acids is 1. The molecule has 3 aromatic rings. The molecule has 0 aliphatic carbocycles. The lowest BCUT2D eigenvalue weighted by atomic mass is 10.0. The van der Waals surface area contributed by atoms with Crippen molar-refractivity contribution in [2.24, 2.45) is 0 Å². The van der Waals surface area contributed by atoms with Gasteiger partial charge in [0.2, 0.25) is 11.8 Å². The molecule has 0 spiro atoms. The molecule has 1 aromatic carbocycles. The first kappa shape index (κ1) is 34.4. The minimum atomic E-state index is -4.70. The van der Waals surface area contributed by atoms with E-state index in [9.17, 15) is 18.0 Å². The number of hydrogen-bond acceptors (Lipinski definition) is 8. The standard InChI is InChI=1S/C29H33ClF3N5O3.CH2O2/c1-4-20-18-37(28(39)21-9-8-19(30)17-23(21)29(31,32)33)14-15-38(20)25-11-10-24(36-27(25)41-16-13-34-3)22-7-6-12-35-26(22)40-5-2;2-1-3/h6-12,17,20,34H,4-5,13-16,18H2,1-3H3;1H,(H,2,3)/t20-;/m1./s1. The van der Waals surface area contributed by atoms with E-state index in [2.05, 4.69) is 15.2 Å². The van der Waals surface area contributed by atoms with E-state index in [1.54, 1.807) is 6.20 Å². The number of halogens is 4. The first-order valence-corrected chi connectivity index (χ1v) is 14.3. The van der Waals surface area contributed by atoms with Gasteiger partial charge in [-0.3, -0.25) is 9.59 Å². The summed E-state index contributed by atoms with van der Waals surface area (Å²) in [6, 6.07) is 10.5. The number of nitrogens with one attached hydrogen (secondary N) is 1. The third-order valence-electron chi connectivity index (χ3n) is 6.83. The van der Waals surface area contributed by atoms with Gasteiger partial charge in [0.1, 0.15) is 12.3 Å². The number of aromatic nitrogens is 2. The molecule has 3 heterocycles. The highest BCUT2D eigenvalue weighted by atomic mass is 35.5. The Morgan fingerprint density at radius 1 is 1.16 bits per heavy atom. The van der Waals surface area contributed by atoms with Crippen molar-refractivity contribution in [1.82, 2.24) is 20.2 Å². The minimum absolute atomic E-state index is 0.0773. The van der Waals surface area contributed by atoms with Gasteiger partial charge in [0.05, 0.1) is 29.0 Å². The Morgan fingerprint density at radius 3 is 2.57 bits per heavy atom. The van der Waals surface area contributed by atoms with E-state index in [0.29, 0.717) is 50.2 Å². The quantitative estimate of drug-likeness (QED) is 0.227. The monoisotopic (exact) mass is 637 g/mol. The zero-order valence-corrected chi connectivity index (χ0v) is 25.4. The van der Waals surface area contributed by atoms with Crippen LogP contribution in [0, 0.1) is 0 Å². The van der Waals surface area contributed by atoms with Gasteiger partial charge in [0.25, 0.3) is 12.4 Å². The molecule has 238 valence electrons. The van der Waals surface area contributed by atoms with Gasteiger partial charge < -0.3 is 29.7 Å². The molecule has 1 atom stereocenters. The molecule has 1 saturated heterocycles. The first-order valence-electron chi connectivity index (χ1n) is 14.0. The molecule has 1 amide bonds. The van der Waals surface area contributed by atoms with Crippen LogP contribution >= 0.6 is 11.6 Å². The second kappa shape index (κ2) is 16.1. The third kappa shape index (κ3) is 8.50. The average Bonchev–Trinajstić information content (AvgIpc) is 3.01. The molecule has 44 heavy (non-hydrogen) atoms. The van der Waals surface area contributed by atoms with Crippen LogP contribution in [0.1, 0.15) is 36.2 Å². The van der Waals surface area contributed by atoms with Gasteiger partial charge >= 0.3 is 6.18 Å². The molecule has 1 aliphatic heterocycles. The van der Waals surface area contributed by atoms with Gasteiger partial charge in [-0.1, -0.05) is 18.5 Å². The zero-order chi connectivity index (χ0) is 32.3. The molecule has 1 fully saturated rings. The fourth-order valence-corrected chi connectivity index (χ4v) is 4.98. The van der Waals surface area contributed by atoms with E-state index >= 15 is 0 Å². The molecule has 4 rings (SSSR count). The first-order chi connectivity index (χ1) is 21.1. The summed E-state index contributed by atoms with van der Waals surface area (Å²) in [6.45, 7) is 5.89. The number of piperazine rings is 1. The number of likely N-dealkylation sites (N-methyl/N-ethyl adjacent to an activating group) is 1. The Morgan fingerprint density at radius 2 is 1.91 bits per heavy atom. The summed E-state index contributed by atoms with van der Waals surface area (Å²) in [5.74, 6) is 0.209. The molecule has 14 heteroatoms. The number of ether oxygens (including phenoxy) is 2. The van der Waals surface area contributed by atoms with Crippen molar-refractivity contribution in [3.8, 4) is 23.0 Å². The lowest BCUT2D eigenvalue weighted by molar-refractivity contribution is -0.138. The van der Waals surface area contributed by atoms with E-state index in [0.717, 1.165) is 23.4 Å². The van der Waals surface area contributed by atoms with E-state index < -0.39 is 23.2 Å². The van der Waals surface area contributed by atoms with Gasteiger partial charge in [-0.25, -0.2) is 9.97 Å². The summed E-state index contributed by atoms with van der Waals surface area (Å²) < 4.78 is 52.9. The van der Waals surface area contributed by atoms with Crippen LogP contribution < -0.4 is 19.7 Å². The van der Waals surface area contributed by atoms with Crippen LogP contribution in [0.3, 0.4) is 0 Å². The van der Waals surface area contributed by atoms with Crippen LogP contribution in [0.2, 0.25) is 5.02 Å². The van der Waals surface area contributed by atoms with Crippen molar-refractivity contribution in [2.75, 3.05) is 51.3 Å². The Labute approximate surface area is 258 Å². The summed E-state index contributed by atoms with van der Waals surface area (Å²) in [5.41, 5.74) is 0.661. The van der Waals surface area contributed by atoms with Crippen molar-refractivity contribution >= 4 is 29.7 Å². The number of hydrogen-bond donors (Lipinski definition) is 2. The Kier molecular flexibility index (Phi) is 12.6. The predicted octanol–water partition coefficient (Wildman–Crippen LogP) is 5.25. The molecule has 10 nitrogen and oxygen atoms in total. The number of alkyl halides is 3. The van der Waals surface area contributed by atoms with Crippen LogP contribution in [0.25, 0.3) is 11.3 Å². The fourth-order valence-electron chi connectivity index (χ4n) is 4.81. The maximum atomic E-state index is 13.7. The zero-order valence-electron chi connectivity index (χ0n) is 24.6. The number of carbonyl (C=O) groups is 2. The SMILES string of the molecule is CCOc1ncccc1-c1ccc(N2CCN(C(=O)c3ccc(Cl)cc3C(F)(F)F)C[C@H]2CC)c(OCCNC)n1.O=CO. The van der Waals surface area contributed by atoms with Crippen LogP contribution in [0.4, 0.5) is 18.9 Å². The topological polar surface area (TPSA) is 117 Å². The summed E-state index contributed by atoms with van der Waals surface area (Å²) in [7, 11) is 1.83. The fraction of sp³-hybridized carbons (Fsp3) is 0.400. The summed E-state index contributed by atoms with van der Waals surface area (Å²) in [4.78, 5) is 34.4. The van der Waals surface area contributed by atoms with Gasteiger partial charge in [0, 0.05) is 43.4 Å².